The van der Waals surface area contributed by atoms with Gasteiger partial charge in [-0.3, -0.25) is 4.90 Å². The van der Waals surface area contributed by atoms with E-state index < -0.39 is 0 Å². The molecule has 1 fully saturated rings. The largest absolute Gasteiger partial charge is 0.353 e. The fourth-order valence-corrected chi connectivity index (χ4v) is 2.89. The van der Waals surface area contributed by atoms with Crippen LogP contribution in [-0.2, 0) is 0 Å². The Labute approximate surface area is 127 Å². The molecule has 112 valence electrons. The van der Waals surface area contributed by atoms with Crippen LogP contribution in [0.15, 0.2) is 0 Å². The van der Waals surface area contributed by atoms with Crippen molar-refractivity contribution in [1.29, 1.82) is 0 Å². The van der Waals surface area contributed by atoms with Crippen LogP contribution in [0.4, 0.5) is 5.82 Å². The molecule has 2 heterocycles. The molecule has 4 nitrogen and oxygen atoms in total. The van der Waals surface area contributed by atoms with Crippen LogP contribution in [0.2, 0.25) is 5.15 Å². The van der Waals surface area contributed by atoms with Gasteiger partial charge in [0, 0.05) is 37.2 Å². The van der Waals surface area contributed by atoms with E-state index >= 15 is 0 Å². The molecule has 1 atom stereocenters. The highest BCUT2D eigenvalue weighted by Crippen LogP contribution is 2.27. The second kappa shape index (κ2) is 6.27. The fraction of sp³-hybridized carbons (Fsp3) is 0.733. The van der Waals surface area contributed by atoms with Crippen LogP contribution in [0.1, 0.15) is 45.0 Å². The van der Waals surface area contributed by atoms with Crippen molar-refractivity contribution in [2.75, 3.05) is 31.1 Å². The predicted molar refractivity (Wildman–Crippen MR) is 84.8 cm³/mol. The maximum absolute atomic E-state index is 6.29. The summed E-state index contributed by atoms with van der Waals surface area (Å²) in [5.74, 6) is 2.14. The molecule has 0 bridgehead atoms. The molecule has 5 heteroatoms. The number of anilines is 1. The highest BCUT2D eigenvalue weighted by atomic mass is 35.5. The van der Waals surface area contributed by atoms with Gasteiger partial charge in [0.1, 0.15) is 16.8 Å². The maximum atomic E-state index is 6.29. The third-order valence-corrected chi connectivity index (χ3v) is 4.43. The van der Waals surface area contributed by atoms with Crippen molar-refractivity contribution in [2.24, 2.45) is 0 Å². The molecule has 1 aliphatic heterocycles. The van der Waals surface area contributed by atoms with Gasteiger partial charge in [-0.1, -0.05) is 32.4 Å². The minimum Gasteiger partial charge on any atom is -0.353 e. The summed E-state index contributed by atoms with van der Waals surface area (Å²) >= 11 is 6.29. The number of piperazine rings is 1. The molecule has 1 unspecified atom stereocenters. The Morgan fingerprint density at radius 3 is 2.55 bits per heavy atom. The second-order valence-corrected chi connectivity index (χ2v) is 6.26. The predicted octanol–water partition coefficient (Wildman–Crippen LogP) is 3.09. The van der Waals surface area contributed by atoms with Crippen LogP contribution in [0.25, 0.3) is 0 Å². The highest BCUT2D eigenvalue weighted by molar-refractivity contribution is 6.30. The number of rotatable bonds is 3. The molecule has 0 amide bonds. The standard InChI is InChI=1S/C15H25ClN4/c1-6-19-7-8-20(9-11(19)4)15-12(5)13(16)17-14(18-15)10(2)3/h10-11H,6-9H2,1-5H3. The van der Waals surface area contributed by atoms with Gasteiger partial charge in [0.05, 0.1) is 0 Å². The average Bonchev–Trinajstić information content (AvgIpc) is 2.41. The van der Waals surface area contributed by atoms with E-state index in [-0.39, 0.29) is 0 Å². The molecular weight excluding hydrogens is 272 g/mol. The number of hydrogen-bond donors (Lipinski definition) is 0. The van der Waals surface area contributed by atoms with Crippen LogP contribution in [0.5, 0.6) is 0 Å². The molecule has 0 spiro atoms. The van der Waals surface area contributed by atoms with Crippen LogP contribution < -0.4 is 4.90 Å². The fourth-order valence-electron chi connectivity index (χ4n) is 2.72. The molecule has 1 aliphatic rings. The van der Waals surface area contributed by atoms with Crippen LogP contribution >= 0.6 is 11.6 Å². The molecule has 1 aromatic rings. The maximum Gasteiger partial charge on any atom is 0.137 e. The minimum atomic E-state index is 0.293. The SMILES string of the molecule is CCN1CCN(c2nc(C(C)C)nc(Cl)c2C)CC1C. The number of hydrogen-bond acceptors (Lipinski definition) is 4. The monoisotopic (exact) mass is 296 g/mol. The smallest absolute Gasteiger partial charge is 0.137 e. The summed E-state index contributed by atoms with van der Waals surface area (Å²) in [6, 6.07) is 0.546. The lowest BCUT2D eigenvalue weighted by molar-refractivity contribution is 0.199. The lowest BCUT2D eigenvalue weighted by atomic mass is 10.1. The van der Waals surface area contributed by atoms with Gasteiger partial charge < -0.3 is 4.90 Å². The van der Waals surface area contributed by atoms with Crippen molar-refractivity contribution in [3.63, 3.8) is 0 Å². The molecule has 20 heavy (non-hydrogen) atoms. The summed E-state index contributed by atoms with van der Waals surface area (Å²) < 4.78 is 0. The highest BCUT2D eigenvalue weighted by Gasteiger charge is 2.25. The van der Waals surface area contributed by atoms with Crippen LogP contribution in [0.3, 0.4) is 0 Å². The first-order chi connectivity index (χ1) is 9.43. The average molecular weight is 297 g/mol. The summed E-state index contributed by atoms with van der Waals surface area (Å²) in [4.78, 5) is 14.0. The van der Waals surface area contributed by atoms with Gasteiger partial charge in [0.2, 0.25) is 0 Å². The number of likely N-dealkylation sites (N-methyl/N-ethyl adjacent to an activating group) is 1. The lowest BCUT2D eigenvalue weighted by Gasteiger charge is -2.40. The molecule has 0 radical (unpaired) electrons. The van der Waals surface area contributed by atoms with E-state index in [0.717, 1.165) is 43.4 Å². The van der Waals surface area contributed by atoms with E-state index in [1.807, 2.05) is 6.92 Å². The van der Waals surface area contributed by atoms with Gasteiger partial charge >= 0.3 is 0 Å². The van der Waals surface area contributed by atoms with Gasteiger partial charge in [-0.2, -0.15) is 0 Å². The Hall–Kier alpha value is -0.870. The van der Waals surface area contributed by atoms with Crippen molar-refractivity contribution < 1.29 is 0 Å². The molecule has 0 aliphatic carbocycles. The third kappa shape index (κ3) is 3.07. The first-order valence-corrected chi connectivity index (χ1v) is 7.84. The van der Waals surface area contributed by atoms with E-state index in [9.17, 15) is 0 Å². The Balaban J connectivity index is 2.28. The molecule has 1 aromatic heterocycles. The Morgan fingerprint density at radius 1 is 1.30 bits per heavy atom. The summed E-state index contributed by atoms with van der Waals surface area (Å²) in [6.45, 7) is 14.9. The molecular formula is C15H25ClN4. The van der Waals surface area contributed by atoms with Crippen molar-refractivity contribution in [2.45, 2.75) is 46.6 Å². The number of nitrogens with zero attached hydrogens (tertiary/aromatic N) is 4. The van der Waals surface area contributed by atoms with Gasteiger partial charge in [-0.25, -0.2) is 9.97 Å². The molecule has 1 saturated heterocycles. The first kappa shape index (κ1) is 15.5. The zero-order chi connectivity index (χ0) is 14.9. The zero-order valence-electron chi connectivity index (χ0n) is 13.1. The van der Waals surface area contributed by atoms with Gasteiger partial charge in [-0.05, 0) is 20.4 Å². The minimum absolute atomic E-state index is 0.293. The quantitative estimate of drug-likeness (QED) is 0.802. The topological polar surface area (TPSA) is 32.3 Å². The normalized spacial score (nSPS) is 20.8. The van der Waals surface area contributed by atoms with E-state index in [0.29, 0.717) is 17.1 Å². The molecule has 0 saturated carbocycles. The molecule has 0 N–H and O–H groups in total. The van der Waals surface area contributed by atoms with E-state index in [2.05, 4.69) is 42.5 Å². The van der Waals surface area contributed by atoms with Crippen molar-refractivity contribution >= 4 is 17.4 Å². The zero-order valence-corrected chi connectivity index (χ0v) is 13.9. The summed E-state index contributed by atoms with van der Waals surface area (Å²) in [5.41, 5.74) is 0.994. The third-order valence-electron chi connectivity index (χ3n) is 4.07. The van der Waals surface area contributed by atoms with Gasteiger partial charge in [0.25, 0.3) is 0 Å². The second-order valence-electron chi connectivity index (χ2n) is 5.90. The van der Waals surface area contributed by atoms with Crippen molar-refractivity contribution in [3.8, 4) is 0 Å². The van der Waals surface area contributed by atoms with Crippen molar-refractivity contribution in [3.05, 3.63) is 16.5 Å². The van der Waals surface area contributed by atoms with Crippen molar-refractivity contribution in [1.82, 2.24) is 14.9 Å². The van der Waals surface area contributed by atoms with E-state index in [4.69, 9.17) is 16.6 Å². The summed E-state index contributed by atoms with van der Waals surface area (Å²) in [5, 5.41) is 0.587. The molecule has 2 rings (SSSR count). The van der Waals surface area contributed by atoms with Gasteiger partial charge in [0.15, 0.2) is 0 Å². The summed E-state index contributed by atoms with van der Waals surface area (Å²) in [6.07, 6.45) is 0. The Bertz CT molecular complexity index is 475. The Morgan fingerprint density at radius 2 is 2.00 bits per heavy atom. The molecule has 0 aromatic carbocycles. The van der Waals surface area contributed by atoms with Gasteiger partial charge in [-0.15, -0.1) is 0 Å². The number of aromatic nitrogens is 2. The number of halogens is 1. The summed E-state index contributed by atoms with van der Waals surface area (Å²) in [7, 11) is 0. The first-order valence-electron chi connectivity index (χ1n) is 7.47. The Kier molecular flexibility index (Phi) is 4.86. The van der Waals surface area contributed by atoms with Crippen LogP contribution in [-0.4, -0.2) is 47.1 Å². The van der Waals surface area contributed by atoms with E-state index in [1.165, 1.54) is 0 Å². The van der Waals surface area contributed by atoms with E-state index in [1.54, 1.807) is 0 Å². The van der Waals surface area contributed by atoms with Crippen LogP contribution in [0, 0.1) is 6.92 Å². The lowest BCUT2D eigenvalue weighted by Crippen LogP contribution is -2.52.